The van der Waals surface area contributed by atoms with Crippen LogP contribution in [0.1, 0.15) is 24.5 Å². The molecule has 1 fully saturated rings. The topological polar surface area (TPSA) is 84.7 Å². The van der Waals surface area contributed by atoms with E-state index >= 15 is 0 Å². The van der Waals surface area contributed by atoms with Crippen LogP contribution in [0.3, 0.4) is 0 Å². The minimum atomic E-state index is -0.439. The maximum Gasteiger partial charge on any atom is 0.276 e. The molecule has 1 amide bonds. The van der Waals surface area contributed by atoms with Crippen LogP contribution in [0.2, 0.25) is 0 Å². The molecule has 1 N–H and O–H groups in total. The summed E-state index contributed by atoms with van der Waals surface area (Å²) >= 11 is 5.18. The Morgan fingerprint density at radius 2 is 2.21 bits per heavy atom. The third-order valence-electron chi connectivity index (χ3n) is 3.58. The average Bonchev–Trinajstić information content (AvgIpc) is 2.80. The van der Waals surface area contributed by atoms with Crippen molar-refractivity contribution in [3.8, 4) is 0 Å². The molecule has 0 aromatic heterocycles. The Bertz CT molecular complexity index is 703. The molecule has 0 aliphatic carbocycles. The number of nitrogens with one attached hydrogen (secondary N) is 1. The lowest BCUT2D eigenvalue weighted by Crippen LogP contribution is -2.32. The van der Waals surface area contributed by atoms with E-state index in [2.05, 4.69) is 5.32 Å². The van der Waals surface area contributed by atoms with Crippen molar-refractivity contribution in [3.63, 3.8) is 0 Å². The van der Waals surface area contributed by atoms with E-state index < -0.39 is 4.92 Å². The molecule has 24 heavy (non-hydrogen) atoms. The third-order valence-corrected chi connectivity index (χ3v) is 3.90. The van der Waals surface area contributed by atoms with Crippen LogP contribution in [-0.2, 0) is 9.53 Å². The Balaban J connectivity index is 2.13. The highest BCUT2D eigenvalue weighted by molar-refractivity contribution is 7.80. The van der Waals surface area contributed by atoms with Gasteiger partial charge in [-0.15, -0.1) is 0 Å². The number of nitro benzene ring substituents is 1. The monoisotopic (exact) mass is 349 g/mol. The van der Waals surface area contributed by atoms with E-state index in [1.54, 1.807) is 25.1 Å². The smallest absolute Gasteiger partial charge is 0.276 e. The van der Waals surface area contributed by atoms with E-state index in [9.17, 15) is 14.9 Å². The highest BCUT2D eigenvalue weighted by Gasteiger charge is 2.30. The van der Waals surface area contributed by atoms with Gasteiger partial charge in [0.15, 0.2) is 5.11 Å². The number of hydrogen-bond donors (Lipinski definition) is 1. The summed E-state index contributed by atoms with van der Waals surface area (Å²) in [6, 6.07) is 4.82. The van der Waals surface area contributed by atoms with Crippen LogP contribution in [0.5, 0.6) is 0 Å². The minimum absolute atomic E-state index is 0.0194. The van der Waals surface area contributed by atoms with Crippen molar-refractivity contribution >= 4 is 35.0 Å². The summed E-state index contributed by atoms with van der Waals surface area (Å²) in [5.41, 5.74) is 1.48. The molecule has 8 heteroatoms. The molecule has 1 aliphatic heterocycles. The average molecular weight is 349 g/mol. The Morgan fingerprint density at radius 1 is 1.46 bits per heavy atom. The lowest BCUT2D eigenvalue weighted by atomic mass is 10.1. The predicted octanol–water partition coefficient (Wildman–Crippen LogP) is 2.39. The summed E-state index contributed by atoms with van der Waals surface area (Å²) in [6.07, 6.45) is 2.26. The molecular weight excluding hydrogens is 330 g/mol. The van der Waals surface area contributed by atoms with Crippen molar-refractivity contribution in [1.29, 1.82) is 0 Å². The minimum Gasteiger partial charge on any atom is -0.382 e. The summed E-state index contributed by atoms with van der Waals surface area (Å²) < 4.78 is 5.25. The van der Waals surface area contributed by atoms with Gasteiger partial charge in [-0.1, -0.05) is 12.1 Å². The molecule has 0 spiro atoms. The first kappa shape index (κ1) is 18.0. The molecule has 1 aromatic carbocycles. The van der Waals surface area contributed by atoms with Gasteiger partial charge in [-0.3, -0.25) is 19.8 Å². The number of nitrogens with zero attached hydrogens (tertiary/aromatic N) is 2. The molecule has 1 aliphatic rings. The van der Waals surface area contributed by atoms with Crippen LogP contribution >= 0.6 is 12.2 Å². The number of rotatable bonds is 7. The molecule has 1 heterocycles. The fourth-order valence-electron chi connectivity index (χ4n) is 2.32. The van der Waals surface area contributed by atoms with Crippen LogP contribution in [0.15, 0.2) is 23.9 Å². The van der Waals surface area contributed by atoms with Gasteiger partial charge in [0.25, 0.3) is 11.6 Å². The van der Waals surface area contributed by atoms with Crippen molar-refractivity contribution in [2.24, 2.45) is 0 Å². The number of benzene rings is 1. The molecule has 0 unspecified atom stereocenters. The van der Waals surface area contributed by atoms with Gasteiger partial charge in [-0.2, -0.15) is 0 Å². The number of ether oxygens (including phenoxy) is 1. The molecule has 0 bridgehead atoms. The molecular formula is C16H19N3O4S. The van der Waals surface area contributed by atoms with Crippen LogP contribution in [0, 0.1) is 17.0 Å². The molecule has 2 rings (SSSR count). The summed E-state index contributed by atoms with van der Waals surface area (Å²) in [6.45, 7) is 5.24. The van der Waals surface area contributed by atoms with E-state index in [1.165, 1.54) is 11.0 Å². The number of carbonyl (C=O) groups is 1. The Hall–Kier alpha value is -2.32. The Kier molecular flexibility index (Phi) is 5.99. The highest BCUT2D eigenvalue weighted by Crippen LogP contribution is 2.22. The molecule has 128 valence electrons. The highest BCUT2D eigenvalue weighted by atomic mass is 32.1. The van der Waals surface area contributed by atoms with Crippen LogP contribution < -0.4 is 5.32 Å². The summed E-state index contributed by atoms with van der Waals surface area (Å²) in [5.74, 6) is -0.236. The molecule has 0 radical (unpaired) electrons. The van der Waals surface area contributed by atoms with Crippen LogP contribution in [0.25, 0.3) is 6.08 Å². The Labute approximate surface area is 145 Å². The second-order valence-corrected chi connectivity index (χ2v) is 5.69. The number of aryl methyl sites for hydroxylation is 1. The van der Waals surface area contributed by atoms with E-state index in [0.717, 1.165) is 0 Å². The van der Waals surface area contributed by atoms with Gasteiger partial charge in [-0.25, -0.2) is 0 Å². The van der Waals surface area contributed by atoms with Crippen LogP contribution in [0.4, 0.5) is 5.69 Å². The lowest BCUT2D eigenvalue weighted by Gasteiger charge is -2.13. The fourth-order valence-corrected chi connectivity index (χ4v) is 2.61. The summed E-state index contributed by atoms with van der Waals surface area (Å²) in [7, 11) is 0. The zero-order valence-corrected chi connectivity index (χ0v) is 14.4. The largest absolute Gasteiger partial charge is 0.382 e. The second kappa shape index (κ2) is 7.98. The number of nitro groups is 1. The summed E-state index contributed by atoms with van der Waals surface area (Å²) in [4.78, 5) is 24.5. The quantitative estimate of drug-likeness (QED) is 0.267. The first-order valence-corrected chi connectivity index (χ1v) is 8.02. The maximum atomic E-state index is 12.4. The van der Waals surface area contributed by atoms with Gasteiger partial charge in [0.1, 0.15) is 5.70 Å². The van der Waals surface area contributed by atoms with Gasteiger partial charge >= 0.3 is 0 Å². The molecule has 1 aromatic rings. The normalized spacial score (nSPS) is 15.9. The van der Waals surface area contributed by atoms with E-state index in [1.807, 2.05) is 6.92 Å². The van der Waals surface area contributed by atoms with Gasteiger partial charge in [0, 0.05) is 31.4 Å². The van der Waals surface area contributed by atoms with Crippen molar-refractivity contribution in [3.05, 3.63) is 45.1 Å². The number of hydrogen-bond acceptors (Lipinski definition) is 5. The maximum absolute atomic E-state index is 12.4. The van der Waals surface area contributed by atoms with Gasteiger partial charge in [0.2, 0.25) is 0 Å². The molecule has 0 atom stereocenters. The van der Waals surface area contributed by atoms with Crippen molar-refractivity contribution in [1.82, 2.24) is 10.2 Å². The van der Waals surface area contributed by atoms with E-state index in [4.69, 9.17) is 17.0 Å². The molecule has 0 saturated carbocycles. The first-order chi connectivity index (χ1) is 11.4. The number of thiocarbonyl (C=S) groups is 1. The van der Waals surface area contributed by atoms with E-state index in [0.29, 0.717) is 48.1 Å². The Morgan fingerprint density at radius 3 is 2.88 bits per heavy atom. The molecule has 7 nitrogen and oxygen atoms in total. The fraction of sp³-hybridized carbons (Fsp3) is 0.375. The van der Waals surface area contributed by atoms with E-state index in [-0.39, 0.29) is 11.6 Å². The first-order valence-electron chi connectivity index (χ1n) is 7.61. The van der Waals surface area contributed by atoms with Crippen LogP contribution in [-0.4, -0.2) is 40.6 Å². The van der Waals surface area contributed by atoms with Crippen molar-refractivity contribution in [2.45, 2.75) is 20.3 Å². The lowest BCUT2D eigenvalue weighted by molar-refractivity contribution is -0.385. The SMILES string of the molecule is CCOCCCN1C(=O)/C(=C\c2ccc(C)c([N+](=O)[O-])c2)NC1=S. The second-order valence-electron chi connectivity index (χ2n) is 5.30. The zero-order valence-electron chi connectivity index (χ0n) is 13.6. The number of amides is 1. The van der Waals surface area contributed by atoms with Gasteiger partial charge in [-0.05, 0) is 44.1 Å². The van der Waals surface area contributed by atoms with Gasteiger partial charge < -0.3 is 10.1 Å². The van der Waals surface area contributed by atoms with Crippen molar-refractivity contribution < 1.29 is 14.5 Å². The number of carbonyl (C=O) groups excluding carboxylic acids is 1. The third kappa shape index (κ3) is 4.15. The molecule has 1 saturated heterocycles. The zero-order chi connectivity index (χ0) is 17.7. The summed E-state index contributed by atoms with van der Waals surface area (Å²) in [5, 5.41) is 14.2. The standard InChI is InChI=1S/C16H19N3O4S/c1-3-23-8-4-7-18-15(20)13(17-16(18)24)9-12-6-5-11(2)14(10-12)19(21)22/h5-6,9-10H,3-4,7-8H2,1-2H3,(H,17,24)/b13-9+. The predicted molar refractivity (Wildman–Crippen MR) is 94.4 cm³/mol. The van der Waals surface area contributed by atoms with Crippen molar-refractivity contribution in [2.75, 3.05) is 19.8 Å². The van der Waals surface area contributed by atoms with Gasteiger partial charge in [0.05, 0.1) is 4.92 Å².